The molecule has 0 spiro atoms. The molecule has 0 radical (unpaired) electrons. The molecule has 2 atom stereocenters. The maximum Gasteiger partial charge on any atom is 0.419 e. The van der Waals surface area contributed by atoms with Crippen molar-refractivity contribution in [2.75, 3.05) is 20.3 Å². The zero-order valence-corrected chi connectivity index (χ0v) is 16.9. The molecule has 0 aromatic heterocycles. The third kappa shape index (κ3) is 4.54. The second-order valence-corrected chi connectivity index (χ2v) is 7.51. The first kappa shape index (κ1) is 21.2. The number of benzene rings is 2. The Hall–Kier alpha value is -3.00. The molecule has 2 aliphatic rings. The summed E-state index contributed by atoms with van der Waals surface area (Å²) in [6.07, 6.45) is -2.81. The van der Waals surface area contributed by atoms with Crippen LogP contribution < -0.4 is 4.74 Å². The summed E-state index contributed by atoms with van der Waals surface area (Å²) in [4.78, 5) is 14.4. The lowest BCUT2D eigenvalue weighted by Crippen LogP contribution is -2.56. The molecule has 2 bridgehead atoms. The number of morpholine rings is 1. The number of ether oxygens (including phenoxy) is 3. The van der Waals surface area contributed by atoms with Crippen LogP contribution in [0.25, 0.3) is 5.57 Å². The smallest absolute Gasteiger partial charge is 0.419 e. The van der Waals surface area contributed by atoms with Crippen LogP contribution in [0.15, 0.2) is 54.6 Å². The minimum atomic E-state index is -4.52. The summed E-state index contributed by atoms with van der Waals surface area (Å²) in [5.41, 5.74) is 1.27. The van der Waals surface area contributed by atoms with Gasteiger partial charge in [0.05, 0.1) is 38.0 Å². The van der Waals surface area contributed by atoms with Gasteiger partial charge in [0.1, 0.15) is 12.4 Å². The first-order chi connectivity index (χ1) is 14.9. The number of hydrogen-bond donors (Lipinski definition) is 0. The van der Waals surface area contributed by atoms with Gasteiger partial charge < -0.3 is 14.2 Å². The molecule has 8 heteroatoms. The number of halogens is 3. The Kier molecular flexibility index (Phi) is 5.91. The molecule has 2 aliphatic heterocycles. The number of nitrogens with zero attached hydrogens (tertiary/aromatic N) is 1. The first-order valence-electron chi connectivity index (χ1n) is 9.90. The zero-order valence-electron chi connectivity index (χ0n) is 16.9. The molecule has 1 fully saturated rings. The van der Waals surface area contributed by atoms with Gasteiger partial charge in [0.2, 0.25) is 0 Å². The average Bonchev–Trinajstić information content (AvgIpc) is 2.76. The molecule has 2 aromatic carbocycles. The molecule has 0 N–H and O–H groups in total. The van der Waals surface area contributed by atoms with Crippen molar-refractivity contribution < 1.29 is 32.2 Å². The van der Waals surface area contributed by atoms with Gasteiger partial charge in [0.25, 0.3) is 0 Å². The van der Waals surface area contributed by atoms with Crippen LogP contribution in [0, 0.1) is 0 Å². The summed E-state index contributed by atoms with van der Waals surface area (Å²) in [7, 11) is 1.21. The summed E-state index contributed by atoms with van der Waals surface area (Å²) >= 11 is 0. The number of carbonyl (C=O) groups is 1. The van der Waals surface area contributed by atoms with Crippen molar-refractivity contribution in [2.45, 2.75) is 31.3 Å². The van der Waals surface area contributed by atoms with E-state index in [4.69, 9.17) is 14.2 Å². The van der Waals surface area contributed by atoms with Gasteiger partial charge in [-0.15, -0.1) is 0 Å². The van der Waals surface area contributed by atoms with E-state index in [1.807, 2.05) is 30.3 Å². The van der Waals surface area contributed by atoms with Crippen molar-refractivity contribution in [3.8, 4) is 5.75 Å². The lowest BCUT2D eigenvalue weighted by atomic mass is 9.89. The second-order valence-electron chi connectivity index (χ2n) is 7.51. The topological polar surface area (TPSA) is 48.0 Å². The van der Waals surface area contributed by atoms with Gasteiger partial charge in [0.15, 0.2) is 0 Å². The second kappa shape index (κ2) is 8.63. The fourth-order valence-corrected chi connectivity index (χ4v) is 4.02. The number of alkyl halides is 3. The van der Waals surface area contributed by atoms with Crippen molar-refractivity contribution in [1.29, 1.82) is 0 Å². The van der Waals surface area contributed by atoms with Gasteiger partial charge in [0, 0.05) is 0 Å². The summed E-state index contributed by atoms with van der Waals surface area (Å²) in [6.45, 7) is 0.722. The van der Waals surface area contributed by atoms with E-state index in [1.165, 1.54) is 13.2 Å². The van der Waals surface area contributed by atoms with Crippen molar-refractivity contribution >= 4 is 11.7 Å². The van der Waals surface area contributed by atoms with Crippen LogP contribution >= 0.6 is 0 Å². The van der Waals surface area contributed by atoms with E-state index in [-0.39, 0.29) is 25.0 Å². The Bertz CT molecular complexity index is 975. The minimum absolute atomic E-state index is 0.153. The van der Waals surface area contributed by atoms with Gasteiger partial charge in [-0.3, -0.25) is 4.90 Å². The molecule has 5 nitrogen and oxygen atoms in total. The minimum Gasteiger partial charge on any atom is -0.496 e. The van der Waals surface area contributed by atoms with Crippen LogP contribution in [-0.2, 0) is 22.3 Å². The van der Waals surface area contributed by atoms with Crippen LogP contribution in [-0.4, -0.2) is 43.4 Å². The molecule has 2 heterocycles. The molecular formula is C23H22F3NO4. The summed E-state index contributed by atoms with van der Waals surface area (Å²) in [6, 6.07) is 12.7. The fraction of sp³-hybridized carbons (Fsp3) is 0.348. The van der Waals surface area contributed by atoms with Crippen LogP contribution in [0.3, 0.4) is 0 Å². The van der Waals surface area contributed by atoms with E-state index in [1.54, 1.807) is 17.0 Å². The SMILES string of the molecule is COc1ccc(C2=CC3COCC(C2)N3C(=O)OCc2ccccc2)cc1C(F)(F)F. The number of methoxy groups -OCH3 is 1. The van der Waals surface area contributed by atoms with Crippen LogP contribution in [0.4, 0.5) is 18.0 Å². The Balaban J connectivity index is 1.55. The normalized spacial score (nSPS) is 20.8. The molecule has 0 aliphatic carbocycles. The van der Waals surface area contributed by atoms with Gasteiger partial charge in [-0.1, -0.05) is 42.5 Å². The maximum atomic E-state index is 13.4. The molecule has 164 valence electrons. The van der Waals surface area contributed by atoms with Crippen molar-refractivity contribution in [1.82, 2.24) is 4.90 Å². The number of amides is 1. The number of carbonyl (C=O) groups excluding carboxylic acids is 1. The molecule has 31 heavy (non-hydrogen) atoms. The third-order valence-corrected chi connectivity index (χ3v) is 5.49. The average molecular weight is 433 g/mol. The Morgan fingerprint density at radius 2 is 1.94 bits per heavy atom. The molecular weight excluding hydrogens is 411 g/mol. The molecule has 0 saturated carbocycles. The van der Waals surface area contributed by atoms with Gasteiger partial charge in [-0.25, -0.2) is 4.79 Å². The van der Waals surface area contributed by atoms with Crippen LogP contribution in [0.5, 0.6) is 5.75 Å². The van der Waals surface area contributed by atoms with E-state index >= 15 is 0 Å². The molecule has 1 saturated heterocycles. The van der Waals surface area contributed by atoms with Crippen LogP contribution in [0.2, 0.25) is 0 Å². The lowest BCUT2D eigenvalue weighted by molar-refractivity contribution is -0.138. The fourth-order valence-electron chi connectivity index (χ4n) is 4.02. The maximum absolute atomic E-state index is 13.4. The van der Waals surface area contributed by atoms with Gasteiger partial charge in [-0.2, -0.15) is 13.2 Å². The standard InChI is InChI=1S/C23H22F3NO4/c1-29-21-8-7-16(11-20(21)23(24,25)26)17-9-18-13-30-14-19(10-17)27(18)22(28)31-12-15-5-3-2-4-6-15/h2-9,11,18-19H,10,12-14H2,1H3. The highest BCUT2D eigenvalue weighted by atomic mass is 19.4. The third-order valence-electron chi connectivity index (χ3n) is 5.49. The largest absolute Gasteiger partial charge is 0.496 e. The Morgan fingerprint density at radius 3 is 2.61 bits per heavy atom. The molecule has 1 amide bonds. The van der Waals surface area contributed by atoms with Crippen molar-refractivity contribution in [3.63, 3.8) is 0 Å². The quantitative estimate of drug-likeness (QED) is 0.688. The number of rotatable bonds is 4. The van der Waals surface area contributed by atoms with Crippen molar-refractivity contribution in [2.24, 2.45) is 0 Å². The zero-order chi connectivity index (χ0) is 22.0. The van der Waals surface area contributed by atoms with Gasteiger partial charge in [-0.05, 0) is 35.3 Å². The summed E-state index contributed by atoms with van der Waals surface area (Å²) in [5, 5.41) is 0. The Labute approximate surface area is 178 Å². The lowest BCUT2D eigenvalue weighted by Gasteiger charge is -2.43. The highest BCUT2D eigenvalue weighted by Gasteiger charge is 2.40. The molecule has 4 rings (SSSR count). The molecule has 2 aromatic rings. The predicted molar refractivity (Wildman–Crippen MR) is 107 cm³/mol. The molecule has 2 unspecified atom stereocenters. The summed E-state index contributed by atoms with van der Waals surface area (Å²) in [5.74, 6) is -0.220. The van der Waals surface area contributed by atoms with E-state index in [2.05, 4.69) is 0 Å². The van der Waals surface area contributed by atoms with E-state index < -0.39 is 23.9 Å². The predicted octanol–water partition coefficient (Wildman–Crippen LogP) is 4.91. The first-order valence-corrected chi connectivity index (χ1v) is 9.90. The van der Waals surface area contributed by atoms with E-state index in [0.717, 1.165) is 17.2 Å². The van der Waals surface area contributed by atoms with E-state index in [9.17, 15) is 18.0 Å². The van der Waals surface area contributed by atoms with Crippen molar-refractivity contribution in [3.05, 3.63) is 71.3 Å². The number of fused-ring (bicyclic) bond motifs is 2. The van der Waals surface area contributed by atoms with Gasteiger partial charge >= 0.3 is 12.3 Å². The highest BCUT2D eigenvalue weighted by Crippen LogP contribution is 2.40. The summed E-state index contributed by atoms with van der Waals surface area (Å²) < 4.78 is 56.2. The monoisotopic (exact) mass is 433 g/mol. The van der Waals surface area contributed by atoms with Crippen LogP contribution in [0.1, 0.15) is 23.1 Å². The highest BCUT2D eigenvalue weighted by molar-refractivity contribution is 5.75. The Morgan fingerprint density at radius 1 is 1.16 bits per heavy atom. The number of hydrogen-bond acceptors (Lipinski definition) is 4. The van der Waals surface area contributed by atoms with E-state index in [0.29, 0.717) is 18.6 Å².